The Bertz CT molecular complexity index is 843. The van der Waals surface area contributed by atoms with Crippen molar-refractivity contribution in [2.75, 3.05) is 23.9 Å². The van der Waals surface area contributed by atoms with Crippen LogP contribution in [0.4, 0.5) is 16.5 Å². The fourth-order valence-corrected chi connectivity index (χ4v) is 2.96. The van der Waals surface area contributed by atoms with Gasteiger partial charge < -0.3 is 16.2 Å². The molecule has 0 aliphatic rings. The van der Waals surface area contributed by atoms with Gasteiger partial charge in [-0.3, -0.25) is 10.1 Å². The van der Waals surface area contributed by atoms with E-state index in [0.29, 0.717) is 33.3 Å². The van der Waals surface area contributed by atoms with E-state index in [9.17, 15) is 4.79 Å². The number of carbonyl (C=O) groups excluding carboxylic acids is 1. The van der Waals surface area contributed by atoms with Gasteiger partial charge in [0, 0.05) is 23.0 Å². The van der Waals surface area contributed by atoms with Crippen molar-refractivity contribution in [2.24, 2.45) is 0 Å². The Kier molecular flexibility index (Phi) is 3.56. The summed E-state index contributed by atoms with van der Waals surface area (Å²) in [4.78, 5) is 16.6. The van der Waals surface area contributed by atoms with Gasteiger partial charge in [-0.05, 0) is 30.3 Å². The summed E-state index contributed by atoms with van der Waals surface area (Å²) in [6.07, 6.45) is 0. The molecule has 3 rings (SSSR count). The highest BCUT2D eigenvalue weighted by Gasteiger charge is 2.13. The molecule has 0 bridgehead atoms. The second kappa shape index (κ2) is 5.53. The first kappa shape index (κ1) is 14.2. The standard InChI is InChI=1S/C15H14N4O2S/c1-21-11-6-10(17)7-12-13(11)18-15(22-12)19-14(20)8-2-4-9(16)5-3-8/h2-7H,16-17H2,1H3,(H,18,19,20). The van der Waals surface area contributed by atoms with E-state index in [2.05, 4.69) is 10.3 Å². The highest BCUT2D eigenvalue weighted by atomic mass is 32.1. The molecule has 2 aromatic carbocycles. The average molecular weight is 314 g/mol. The minimum absolute atomic E-state index is 0.244. The van der Waals surface area contributed by atoms with Gasteiger partial charge >= 0.3 is 0 Å². The molecule has 22 heavy (non-hydrogen) atoms. The van der Waals surface area contributed by atoms with Gasteiger partial charge in [0.1, 0.15) is 11.3 Å². The molecule has 0 aliphatic heterocycles. The van der Waals surface area contributed by atoms with Crippen molar-refractivity contribution in [3.8, 4) is 5.75 Å². The molecule has 1 amide bonds. The molecule has 1 aromatic heterocycles. The van der Waals surface area contributed by atoms with Crippen LogP contribution in [-0.4, -0.2) is 18.0 Å². The quantitative estimate of drug-likeness (QED) is 0.645. The minimum Gasteiger partial charge on any atom is -0.494 e. The lowest BCUT2D eigenvalue weighted by Crippen LogP contribution is -2.11. The van der Waals surface area contributed by atoms with E-state index in [1.807, 2.05) is 0 Å². The molecule has 112 valence electrons. The third kappa shape index (κ3) is 2.66. The summed E-state index contributed by atoms with van der Waals surface area (Å²) in [7, 11) is 1.56. The number of benzene rings is 2. The summed E-state index contributed by atoms with van der Waals surface area (Å²) in [5.41, 5.74) is 13.8. The second-order valence-corrected chi connectivity index (χ2v) is 5.70. The number of anilines is 3. The number of aromatic nitrogens is 1. The summed E-state index contributed by atoms with van der Waals surface area (Å²) in [5, 5.41) is 3.26. The first-order valence-corrected chi connectivity index (χ1v) is 7.29. The zero-order chi connectivity index (χ0) is 15.7. The monoisotopic (exact) mass is 314 g/mol. The summed E-state index contributed by atoms with van der Waals surface area (Å²) in [6, 6.07) is 10.2. The molecule has 0 unspecified atom stereocenters. The van der Waals surface area contributed by atoms with Gasteiger partial charge in [0.25, 0.3) is 5.91 Å². The second-order valence-electron chi connectivity index (χ2n) is 4.67. The summed E-state index contributed by atoms with van der Waals surface area (Å²) < 4.78 is 6.11. The molecule has 3 aromatic rings. The molecule has 0 atom stereocenters. The Balaban J connectivity index is 1.91. The number of nitrogens with two attached hydrogens (primary N) is 2. The van der Waals surface area contributed by atoms with Crippen molar-refractivity contribution in [3.05, 3.63) is 42.0 Å². The molecule has 5 N–H and O–H groups in total. The number of nitrogens with one attached hydrogen (secondary N) is 1. The average Bonchev–Trinajstić information content (AvgIpc) is 2.89. The zero-order valence-corrected chi connectivity index (χ0v) is 12.6. The SMILES string of the molecule is COc1cc(N)cc2sc(NC(=O)c3ccc(N)cc3)nc12. The van der Waals surface area contributed by atoms with E-state index in [1.54, 1.807) is 43.5 Å². The van der Waals surface area contributed by atoms with E-state index in [4.69, 9.17) is 16.2 Å². The van der Waals surface area contributed by atoms with Crippen LogP contribution in [0.15, 0.2) is 36.4 Å². The summed E-state index contributed by atoms with van der Waals surface area (Å²) in [6.45, 7) is 0. The van der Waals surface area contributed by atoms with Crippen molar-refractivity contribution in [2.45, 2.75) is 0 Å². The van der Waals surface area contributed by atoms with E-state index in [1.165, 1.54) is 11.3 Å². The van der Waals surface area contributed by atoms with Crippen LogP contribution in [-0.2, 0) is 0 Å². The number of hydrogen-bond acceptors (Lipinski definition) is 6. The van der Waals surface area contributed by atoms with Gasteiger partial charge in [-0.1, -0.05) is 11.3 Å². The van der Waals surface area contributed by atoms with Gasteiger partial charge in [0.05, 0.1) is 11.8 Å². The van der Waals surface area contributed by atoms with Gasteiger partial charge in [-0.25, -0.2) is 4.98 Å². The maximum absolute atomic E-state index is 12.2. The van der Waals surface area contributed by atoms with E-state index >= 15 is 0 Å². The smallest absolute Gasteiger partial charge is 0.257 e. The van der Waals surface area contributed by atoms with Crippen LogP contribution in [0.25, 0.3) is 10.2 Å². The Labute approximate surface area is 130 Å². The van der Waals surface area contributed by atoms with Crippen molar-refractivity contribution in [3.63, 3.8) is 0 Å². The molecule has 0 saturated carbocycles. The Hall–Kier alpha value is -2.80. The van der Waals surface area contributed by atoms with Crippen molar-refractivity contribution >= 4 is 44.0 Å². The number of amides is 1. The van der Waals surface area contributed by atoms with Crippen LogP contribution in [0, 0.1) is 0 Å². The first-order chi connectivity index (χ1) is 10.6. The van der Waals surface area contributed by atoms with Crippen LogP contribution in [0.3, 0.4) is 0 Å². The molecule has 0 saturated heterocycles. The fourth-order valence-electron chi connectivity index (χ4n) is 2.03. The molecule has 0 aliphatic carbocycles. The lowest BCUT2D eigenvalue weighted by atomic mass is 10.2. The number of rotatable bonds is 3. The summed E-state index contributed by atoms with van der Waals surface area (Å²) in [5.74, 6) is 0.338. The molecule has 7 heteroatoms. The predicted molar refractivity (Wildman–Crippen MR) is 89.4 cm³/mol. The normalized spacial score (nSPS) is 10.6. The number of nitrogen functional groups attached to an aromatic ring is 2. The zero-order valence-electron chi connectivity index (χ0n) is 11.8. The van der Waals surface area contributed by atoms with Crippen molar-refractivity contribution < 1.29 is 9.53 Å². The molecular formula is C15H14N4O2S. The number of fused-ring (bicyclic) bond motifs is 1. The highest BCUT2D eigenvalue weighted by molar-refractivity contribution is 7.22. The fraction of sp³-hybridized carbons (Fsp3) is 0.0667. The largest absolute Gasteiger partial charge is 0.494 e. The van der Waals surface area contributed by atoms with Crippen molar-refractivity contribution in [1.29, 1.82) is 0 Å². The number of carbonyl (C=O) groups is 1. The number of ether oxygens (including phenoxy) is 1. The third-order valence-electron chi connectivity index (χ3n) is 3.10. The molecular weight excluding hydrogens is 300 g/mol. The number of hydrogen-bond donors (Lipinski definition) is 3. The van der Waals surface area contributed by atoms with Gasteiger partial charge in [-0.2, -0.15) is 0 Å². The lowest BCUT2D eigenvalue weighted by molar-refractivity contribution is 0.102. The molecule has 0 radical (unpaired) electrons. The van der Waals surface area contributed by atoms with Crippen LogP contribution in [0.5, 0.6) is 5.75 Å². The van der Waals surface area contributed by atoms with Crippen LogP contribution < -0.4 is 21.5 Å². The lowest BCUT2D eigenvalue weighted by Gasteiger charge is -2.02. The minimum atomic E-state index is -0.244. The van der Waals surface area contributed by atoms with Gasteiger partial charge in [0.2, 0.25) is 0 Å². The summed E-state index contributed by atoms with van der Waals surface area (Å²) >= 11 is 1.34. The van der Waals surface area contributed by atoms with Crippen LogP contribution >= 0.6 is 11.3 Å². The number of methoxy groups -OCH3 is 1. The van der Waals surface area contributed by atoms with E-state index in [0.717, 1.165) is 4.70 Å². The first-order valence-electron chi connectivity index (χ1n) is 6.48. The van der Waals surface area contributed by atoms with Crippen molar-refractivity contribution in [1.82, 2.24) is 4.98 Å². The molecule has 0 spiro atoms. The number of nitrogens with zero attached hydrogens (tertiary/aromatic N) is 1. The van der Waals surface area contributed by atoms with Gasteiger partial charge in [0.15, 0.2) is 5.13 Å². The van der Waals surface area contributed by atoms with Gasteiger partial charge in [-0.15, -0.1) is 0 Å². The highest BCUT2D eigenvalue weighted by Crippen LogP contribution is 2.34. The molecule has 0 fully saturated rings. The Morgan fingerprint density at radius 1 is 1.18 bits per heavy atom. The van der Waals surface area contributed by atoms with Crippen LogP contribution in [0.2, 0.25) is 0 Å². The maximum atomic E-state index is 12.2. The van der Waals surface area contributed by atoms with Crippen LogP contribution in [0.1, 0.15) is 10.4 Å². The Morgan fingerprint density at radius 3 is 2.59 bits per heavy atom. The molecule has 6 nitrogen and oxygen atoms in total. The number of thiazole rings is 1. The van der Waals surface area contributed by atoms with E-state index < -0.39 is 0 Å². The maximum Gasteiger partial charge on any atom is 0.257 e. The predicted octanol–water partition coefficient (Wildman–Crippen LogP) is 2.72. The molecule has 1 heterocycles. The Morgan fingerprint density at radius 2 is 1.91 bits per heavy atom. The topological polar surface area (TPSA) is 103 Å². The third-order valence-corrected chi connectivity index (χ3v) is 4.01. The van der Waals surface area contributed by atoms with E-state index in [-0.39, 0.29) is 5.91 Å².